The van der Waals surface area contributed by atoms with E-state index in [1.165, 1.54) is 18.4 Å². The van der Waals surface area contributed by atoms with Gasteiger partial charge >= 0.3 is 5.97 Å². The average Bonchev–Trinajstić information content (AvgIpc) is 2.96. The molecule has 0 saturated carbocycles. The van der Waals surface area contributed by atoms with E-state index in [0.717, 1.165) is 30.9 Å². The van der Waals surface area contributed by atoms with E-state index in [4.69, 9.17) is 4.74 Å². The summed E-state index contributed by atoms with van der Waals surface area (Å²) in [5, 5.41) is 6.17. The lowest BCUT2D eigenvalue weighted by Gasteiger charge is -2.31. The summed E-state index contributed by atoms with van der Waals surface area (Å²) in [6.07, 6.45) is 10.8. The van der Waals surface area contributed by atoms with E-state index < -0.39 is 11.8 Å². The number of nitrogens with zero attached hydrogens (tertiary/aromatic N) is 3. The normalized spacial score (nSPS) is 17.4. The number of likely N-dealkylation sites (N-methyl/N-ethyl adjacent to an activating group) is 1. The molecule has 0 spiro atoms. The maximum absolute atomic E-state index is 14.3. The van der Waals surface area contributed by atoms with Crippen LogP contribution in [-0.4, -0.2) is 55.2 Å². The third kappa shape index (κ3) is 10.2. The van der Waals surface area contributed by atoms with Gasteiger partial charge in [0.2, 0.25) is 0 Å². The largest absolute Gasteiger partial charge is 0.463 e. The Morgan fingerprint density at radius 3 is 2.90 bits per heavy atom. The van der Waals surface area contributed by atoms with E-state index in [0.29, 0.717) is 25.4 Å². The van der Waals surface area contributed by atoms with Crippen LogP contribution in [0.25, 0.3) is 0 Å². The summed E-state index contributed by atoms with van der Waals surface area (Å²) >= 11 is 0. The number of carbonyl (C=O) groups excluding carboxylic acids is 1. The maximum Gasteiger partial charge on any atom is 0.334 e. The Morgan fingerprint density at radius 2 is 2.23 bits per heavy atom. The Hall–Kier alpha value is -2.74. The molecule has 2 N–H and O–H groups in total. The number of rotatable bonds is 11. The standard InChI is InChI=1S/C23H36FN5O2/c1-6-25-12-10-13-26-17-20(24)15-18(4)19(5)29(7-2)22-11-9-14-27-21(28-22)16-23(30)31-8-3/h9,13-17,19,25,27H,6-8,10-12H2,1-5H3/b18-15+,20-17+,21-16-,26-13+. The van der Waals surface area contributed by atoms with Gasteiger partial charge in [0.25, 0.3) is 0 Å². The topological polar surface area (TPSA) is 78.3 Å². The number of ether oxygens (including phenoxy) is 1. The smallest absolute Gasteiger partial charge is 0.334 e. The molecule has 0 amide bonds. The Balaban J connectivity index is 2.93. The van der Waals surface area contributed by atoms with Gasteiger partial charge in [-0.05, 0) is 58.5 Å². The Morgan fingerprint density at radius 1 is 1.45 bits per heavy atom. The minimum atomic E-state index is -0.450. The summed E-state index contributed by atoms with van der Waals surface area (Å²) < 4.78 is 19.2. The lowest BCUT2D eigenvalue weighted by molar-refractivity contribution is -0.137. The van der Waals surface area contributed by atoms with Crippen LogP contribution in [0.15, 0.2) is 57.8 Å². The number of amidine groups is 1. The number of hydrogen-bond acceptors (Lipinski definition) is 7. The van der Waals surface area contributed by atoms with Crippen molar-refractivity contribution in [3.8, 4) is 0 Å². The first-order valence-electron chi connectivity index (χ1n) is 10.8. The zero-order valence-electron chi connectivity index (χ0n) is 19.3. The molecule has 1 rings (SSSR count). The molecule has 0 aromatic rings. The van der Waals surface area contributed by atoms with Gasteiger partial charge in [0.1, 0.15) is 17.5 Å². The van der Waals surface area contributed by atoms with Gasteiger partial charge in [0.15, 0.2) is 0 Å². The summed E-state index contributed by atoms with van der Waals surface area (Å²) in [4.78, 5) is 22.5. The monoisotopic (exact) mass is 433 g/mol. The Labute approximate surface area is 185 Å². The number of aliphatic imine (C=N–C) groups is 2. The molecule has 8 heteroatoms. The predicted octanol–water partition coefficient (Wildman–Crippen LogP) is 3.83. The number of esters is 1. The van der Waals surface area contributed by atoms with E-state index in [2.05, 4.69) is 25.5 Å². The molecule has 1 unspecified atom stereocenters. The summed E-state index contributed by atoms with van der Waals surface area (Å²) in [7, 11) is 0. The van der Waals surface area contributed by atoms with Gasteiger partial charge in [-0.3, -0.25) is 4.99 Å². The first-order chi connectivity index (χ1) is 14.9. The van der Waals surface area contributed by atoms with Crippen LogP contribution in [0.5, 0.6) is 0 Å². The third-order valence-corrected chi connectivity index (χ3v) is 4.61. The predicted molar refractivity (Wildman–Crippen MR) is 125 cm³/mol. The molecule has 1 heterocycles. The van der Waals surface area contributed by atoms with Crippen LogP contribution < -0.4 is 10.6 Å². The number of carbonyl (C=O) groups is 1. The highest BCUT2D eigenvalue weighted by Gasteiger charge is 2.19. The molecular weight excluding hydrogens is 397 g/mol. The molecule has 0 aromatic heterocycles. The fourth-order valence-corrected chi connectivity index (χ4v) is 2.92. The van der Waals surface area contributed by atoms with Crippen LogP contribution in [0.3, 0.4) is 0 Å². The Kier molecular flexibility index (Phi) is 12.8. The first kappa shape index (κ1) is 26.3. The van der Waals surface area contributed by atoms with Gasteiger partial charge in [-0.25, -0.2) is 14.2 Å². The summed E-state index contributed by atoms with van der Waals surface area (Å²) in [5.74, 6) is 0.346. The molecule has 0 radical (unpaired) electrons. The molecule has 1 aliphatic heterocycles. The van der Waals surface area contributed by atoms with Crippen molar-refractivity contribution >= 4 is 18.0 Å². The van der Waals surface area contributed by atoms with E-state index >= 15 is 0 Å². The van der Waals surface area contributed by atoms with E-state index in [9.17, 15) is 9.18 Å². The van der Waals surface area contributed by atoms with Crippen molar-refractivity contribution in [2.45, 2.75) is 53.5 Å². The molecule has 172 valence electrons. The van der Waals surface area contributed by atoms with Crippen molar-refractivity contribution in [1.82, 2.24) is 15.5 Å². The van der Waals surface area contributed by atoms with Crippen molar-refractivity contribution in [2.24, 2.45) is 9.98 Å². The van der Waals surface area contributed by atoms with Gasteiger partial charge in [0.05, 0.1) is 18.9 Å². The molecule has 1 atom stereocenters. The van der Waals surface area contributed by atoms with Crippen LogP contribution >= 0.6 is 0 Å². The summed E-state index contributed by atoms with van der Waals surface area (Å²) in [6, 6.07) is -0.0871. The van der Waals surface area contributed by atoms with Crippen molar-refractivity contribution in [1.29, 1.82) is 0 Å². The van der Waals surface area contributed by atoms with Gasteiger partial charge in [-0.15, -0.1) is 0 Å². The van der Waals surface area contributed by atoms with Crippen LogP contribution in [0.4, 0.5) is 4.39 Å². The molecular formula is C23H36FN5O2. The quantitative estimate of drug-likeness (QED) is 0.170. The molecule has 0 saturated heterocycles. The van der Waals surface area contributed by atoms with Crippen molar-refractivity contribution in [2.75, 3.05) is 26.2 Å². The highest BCUT2D eigenvalue weighted by atomic mass is 19.1. The van der Waals surface area contributed by atoms with Crippen molar-refractivity contribution in [3.05, 3.63) is 47.8 Å². The SMILES string of the molecule is CCNCC/C=N/C=C(F)\C=C(/C)C(C)N(CC)C1=N/C(=C\C(=O)OCC)NC=CC1. The van der Waals surface area contributed by atoms with Crippen LogP contribution in [0, 0.1) is 0 Å². The van der Waals surface area contributed by atoms with Crippen molar-refractivity contribution < 1.29 is 13.9 Å². The van der Waals surface area contributed by atoms with E-state index in [1.807, 2.05) is 33.8 Å². The first-order valence-corrected chi connectivity index (χ1v) is 10.8. The minimum absolute atomic E-state index is 0.0871. The number of hydrogen-bond donors (Lipinski definition) is 2. The van der Waals surface area contributed by atoms with Crippen LogP contribution in [0.1, 0.15) is 47.5 Å². The second-order valence-corrected chi connectivity index (χ2v) is 6.90. The van der Waals surface area contributed by atoms with E-state index in [-0.39, 0.29) is 6.04 Å². The van der Waals surface area contributed by atoms with Gasteiger partial charge < -0.3 is 20.3 Å². The second kappa shape index (κ2) is 15.1. The maximum atomic E-state index is 14.3. The fourth-order valence-electron chi connectivity index (χ4n) is 2.92. The van der Waals surface area contributed by atoms with Gasteiger partial charge in [-0.2, -0.15) is 0 Å². The zero-order valence-corrected chi connectivity index (χ0v) is 19.3. The number of nitrogens with one attached hydrogen (secondary N) is 2. The molecule has 0 aliphatic carbocycles. The second-order valence-electron chi connectivity index (χ2n) is 6.90. The van der Waals surface area contributed by atoms with Crippen molar-refractivity contribution in [3.63, 3.8) is 0 Å². The van der Waals surface area contributed by atoms with Crippen LogP contribution in [0.2, 0.25) is 0 Å². The Bertz CT molecular complexity index is 753. The molecule has 1 aliphatic rings. The third-order valence-electron chi connectivity index (χ3n) is 4.61. The minimum Gasteiger partial charge on any atom is -0.463 e. The average molecular weight is 434 g/mol. The molecule has 0 aromatic carbocycles. The lowest BCUT2D eigenvalue weighted by Crippen LogP contribution is -2.39. The number of halogens is 1. The molecule has 7 nitrogen and oxygen atoms in total. The highest BCUT2D eigenvalue weighted by molar-refractivity contribution is 5.87. The summed E-state index contributed by atoms with van der Waals surface area (Å²) in [6.45, 7) is 12.4. The fraction of sp³-hybridized carbons (Fsp3) is 0.522. The zero-order chi connectivity index (χ0) is 23.1. The highest BCUT2D eigenvalue weighted by Crippen LogP contribution is 2.17. The lowest BCUT2D eigenvalue weighted by atomic mass is 10.1. The molecule has 0 fully saturated rings. The molecule has 31 heavy (non-hydrogen) atoms. The van der Waals surface area contributed by atoms with Gasteiger partial charge in [0, 0.05) is 31.8 Å². The summed E-state index contributed by atoms with van der Waals surface area (Å²) in [5.41, 5.74) is 0.846. The van der Waals surface area contributed by atoms with E-state index in [1.54, 1.807) is 19.3 Å². The van der Waals surface area contributed by atoms with Gasteiger partial charge in [-0.1, -0.05) is 13.0 Å². The molecule has 0 bridgehead atoms. The number of allylic oxidation sites excluding steroid dienone is 2. The van der Waals surface area contributed by atoms with Crippen LogP contribution in [-0.2, 0) is 9.53 Å².